The summed E-state index contributed by atoms with van der Waals surface area (Å²) < 4.78 is 5.74. The van der Waals surface area contributed by atoms with Crippen LogP contribution in [-0.2, 0) is 6.42 Å². The van der Waals surface area contributed by atoms with Crippen LogP contribution in [-0.4, -0.2) is 19.1 Å². The van der Waals surface area contributed by atoms with Crippen molar-refractivity contribution >= 4 is 29.1 Å². The van der Waals surface area contributed by atoms with Crippen LogP contribution in [0.2, 0.25) is 10.0 Å². The number of amides is 1. The maximum atomic E-state index is 12.1. The number of hydrogen-bond acceptors (Lipinski definition) is 2. The average Bonchev–Trinajstić information content (AvgIpc) is 2.57. The molecule has 5 heteroatoms. The predicted octanol–water partition coefficient (Wildman–Crippen LogP) is 5.14. The number of para-hydroxylation sites is 1. The largest absolute Gasteiger partial charge is 0.493 e. The molecule has 0 aliphatic heterocycles. The number of ether oxygens (including phenoxy) is 1. The molecule has 2 rings (SSSR count). The van der Waals surface area contributed by atoms with E-state index >= 15 is 0 Å². The van der Waals surface area contributed by atoms with Gasteiger partial charge >= 0.3 is 0 Å². The molecule has 2 aromatic carbocycles. The van der Waals surface area contributed by atoms with Crippen molar-refractivity contribution in [1.82, 2.24) is 5.32 Å². The summed E-state index contributed by atoms with van der Waals surface area (Å²) in [5, 5.41) is 3.76. The molecule has 0 fully saturated rings. The first kappa shape index (κ1) is 18.6. The third kappa shape index (κ3) is 5.43. The molecule has 24 heavy (non-hydrogen) atoms. The summed E-state index contributed by atoms with van der Waals surface area (Å²) in [7, 11) is 0. The third-order valence-electron chi connectivity index (χ3n) is 3.52. The Morgan fingerprint density at radius 2 is 1.96 bits per heavy atom. The minimum atomic E-state index is -0.188. The molecule has 3 nitrogen and oxygen atoms in total. The zero-order chi connectivity index (χ0) is 17.4. The highest BCUT2D eigenvalue weighted by atomic mass is 35.5. The SMILES string of the molecule is CCCOc1ccccc1CCCNC(=O)c1ccc(Cl)cc1Cl. The van der Waals surface area contributed by atoms with E-state index in [1.807, 2.05) is 18.2 Å². The first-order chi connectivity index (χ1) is 11.6. The van der Waals surface area contributed by atoms with Crippen molar-refractivity contribution in [2.45, 2.75) is 26.2 Å². The summed E-state index contributed by atoms with van der Waals surface area (Å²) in [6.45, 7) is 3.36. The molecular formula is C19H21Cl2NO2. The highest BCUT2D eigenvalue weighted by molar-refractivity contribution is 6.36. The summed E-state index contributed by atoms with van der Waals surface area (Å²) in [6, 6.07) is 12.9. The fourth-order valence-electron chi connectivity index (χ4n) is 2.31. The molecule has 0 atom stereocenters. The lowest BCUT2D eigenvalue weighted by Crippen LogP contribution is -2.25. The molecule has 0 saturated carbocycles. The number of rotatable bonds is 8. The Morgan fingerprint density at radius 1 is 1.17 bits per heavy atom. The van der Waals surface area contributed by atoms with Crippen molar-refractivity contribution < 1.29 is 9.53 Å². The number of hydrogen-bond donors (Lipinski definition) is 1. The Kier molecular flexibility index (Phi) is 7.41. The van der Waals surface area contributed by atoms with Crippen LogP contribution in [0, 0.1) is 0 Å². The van der Waals surface area contributed by atoms with Crippen LogP contribution in [0.3, 0.4) is 0 Å². The van der Waals surface area contributed by atoms with E-state index < -0.39 is 0 Å². The van der Waals surface area contributed by atoms with Gasteiger partial charge in [0, 0.05) is 11.6 Å². The van der Waals surface area contributed by atoms with Crippen LogP contribution >= 0.6 is 23.2 Å². The molecule has 0 radical (unpaired) electrons. The van der Waals surface area contributed by atoms with E-state index in [1.165, 1.54) is 0 Å². The van der Waals surface area contributed by atoms with Gasteiger partial charge < -0.3 is 10.1 Å². The minimum Gasteiger partial charge on any atom is -0.493 e. The Bertz CT molecular complexity index is 689. The van der Waals surface area contributed by atoms with Gasteiger partial charge in [-0.25, -0.2) is 0 Å². The molecule has 0 aromatic heterocycles. The molecule has 0 bridgehead atoms. The van der Waals surface area contributed by atoms with Gasteiger partial charge in [-0.3, -0.25) is 4.79 Å². The second kappa shape index (κ2) is 9.55. The molecule has 128 valence electrons. The van der Waals surface area contributed by atoms with E-state index in [4.69, 9.17) is 27.9 Å². The number of halogens is 2. The van der Waals surface area contributed by atoms with Gasteiger partial charge in [-0.2, -0.15) is 0 Å². The standard InChI is InChI=1S/C19H21Cl2NO2/c1-2-12-24-18-8-4-3-6-14(18)7-5-11-22-19(23)16-10-9-15(20)13-17(16)21/h3-4,6,8-10,13H,2,5,7,11-12H2,1H3,(H,22,23). The van der Waals surface area contributed by atoms with E-state index in [0.29, 0.717) is 28.8 Å². The number of carbonyl (C=O) groups excluding carboxylic acids is 1. The van der Waals surface area contributed by atoms with Crippen molar-refractivity contribution in [3.63, 3.8) is 0 Å². The second-order valence-electron chi connectivity index (χ2n) is 5.44. The van der Waals surface area contributed by atoms with Crippen LogP contribution in [0.15, 0.2) is 42.5 Å². The van der Waals surface area contributed by atoms with Gasteiger partial charge in [-0.05, 0) is 49.1 Å². The Morgan fingerprint density at radius 3 is 2.71 bits per heavy atom. The van der Waals surface area contributed by atoms with Gasteiger partial charge in [-0.1, -0.05) is 48.3 Å². The van der Waals surface area contributed by atoms with Crippen LogP contribution < -0.4 is 10.1 Å². The Labute approximate surface area is 152 Å². The molecule has 0 aliphatic rings. The monoisotopic (exact) mass is 365 g/mol. The third-order valence-corrected chi connectivity index (χ3v) is 4.07. The van der Waals surface area contributed by atoms with Crippen LogP contribution in [0.1, 0.15) is 35.7 Å². The normalized spacial score (nSPS) is 10.5. The molecule has 1 N–H and O–H groups in total. The fourth-order valence-corrected chi connectivity index (χ4v) is 2.81. The lowest BCUT2D eigenvalue weighted by atomic mass is 10.1. The van der Waals surface area contributed by atoms with Gasteiger partial charge in [0.1, 0.15) is 5.75 Å². The van der Waals surface area contributed by atoms with Gasteiger partial charge in [-0.15, -0.1) is 0 Å². The van der Waals surface area contributed by atoms with Gasteiger partial charge in [0.05, 0.1) is 17.2 Å². The Balaban J connectivity index is 1.83. The zero-order valence-electron chi connectivity index (χ0n) is 13.6. The minimum absolute atomic E-state index is 0.188. The predicted molar refractivity (Wildman–Crippen MR) is 99.3 cm³/mol. The fraction of sp³-hybridized carbons (Fsp3) is 0.316. The molecule has 0 spiro atoms. The summed E-state index contributed by atoms with van der Waals surface area (Å²) in [5.74, 6) is 0.735. The smallest absolute Gasteiger partial charge is 0.252 e. The average molecular weight is 366 g/mol. The molecule has 0 heterocycles. The van der Waals surface area contributed by atoms with Crippen molar-refractivity contribution in [2.24, 2.45) is 0 Å². The maximum absolute atomic E-state index is 12.1. The van der Waals surface area contributed by atoms with Gasteiger partial charge in [0.25, 0.3) is 5.91 Å². The summed E-state index contributed by atoms with van der Waals surface area (Å²) in [4.78, 5) is 12.1. The first-order valence-electron chi connectivity index (χ1n) is 8.05. The topological polar surface area (TPSA) is 38.3 Å². The number of benzene rings is 2. The lowest BCUT2D eigenvalue weighted by Gasteiger charge is -2.11. The van der Waals surface area contributed by atoms with E-state index in [0.717, 1.165) is 30.6 Å². The zero-order valence-corrected chi connectivity index (χ0v) is 15.2. The molecule has 2 aromatic rings. The van der Waals surface area contributed by atoms with Crippen molar-refractivity contribution in [2.75, 3.05) is 13.2 Å². The van der Waals surface area contributed by atoms with Crippen molar-refractivity contribution in [3.8, 4) is 5.75 Å². The first-order valence-corrected chi connectivity index (χ1v) is 8.81. The van der Waals surface area contributed by atoms with Crippen LogP contribution in [0.25, 0.3) is 0 Å². The van der Waals surface area contributed by atoms with Crippen LogP contribution in [0.5, 0.6) is 5.75 Å². The van der Waals surface area contributed by atoms with Crippen LogP contribution in [0.4, 0.5) is 0 Å². The number of aryl methyl sites for hydroxylation is 1. The quantitative estimate of drug-likeness (QED) is 0.657. The van der Waals surface area contributed by atoms with Crippen molar-refractivity contribution in [3.05, 3.63) is 63.6 Å². The second-order valence-corrected chi connectivity index (χ2v) is 6.28. The highest BCUT2D eigenvalue weighted by Gasteiger charge is 2.10. The van der Waals surface area contributed by atoms with Gasteiger partial charge in [0.15, 0.2) is 0 Å². The van der Waals surface area contributed by atoms with Crippen molar-refractivity contribution in [1.29, 1.82) is 0 Å². The van der Waals surface area contributed by atoms with E-state index in [1.54, 1.807) is 18.2 Å². The summed E-state index contributed by atoms with van der Waals surface area (Å²) >= 11 is 11.9. The summed E-state index contributed by atoms with van der Waals surface area (Å²) in [5.41, 5.74) is 1.59. The maximum Gasteiger partial charge on any atom is 0.252 e. The van der Waals surface area contributed by atoms with E-state index in [-0.39, 0.29) is 5.91 Å². The molecule has 0 unspecified atom stereocenters. The molecule has 0 aliphatic carbocycles. The molecule has 1 amide bonds. The molecular weight excluding hydrogens is 345 g/mol. The lowest BCUT2D eigenvalue weighted by molar-refractivity contribution is 0.0953. The van der Waals surface area contributed by atoms with Gasteiger partial charge in [0.2, 0.25) is 0 Å². The van der Waals surface area contributed by atoms with E-state index in [9.17, 15) is 4.79 Å². The number of carbonyl (C=O) groups is 1. The van der Waals surface area contributed by atoms with E-state index in [2.05, 4.69) is 18.3 Å². The Hall–Kier alpha value is -1.71. The summed E-state index contributed by atoms with van der Waals surface area (Å²) in [6.07, 6.45) is 2.64. The molecule has 0 saturated heterocycles. The number of nitrogens with one attached hydrogen (secondary N) is 1. The highest BCUT2D eigenvalue weighted by Crippen LogP contribution is 2.21.